The first-order valence-electron chi connectivity index (χ1n) is 8.99. The van der Waals surface area contributed by atoms with Crippen molar-refractivity contribution in [3.8, 4) is 0 Å². The molecule has 3 heterocycles. The van der Waals surface area contributed by atoms with E-state index in [9.17, 15) is 19.2 Å². The van der Waals surface area contributed by atoms with E-state index < -0.39 is 16.8 Å². The minimum absolute atomic E-state index is 0.149. The van der Waals surface area contributed by atoms with E-state index in [1.807, 2.05) is 0 Å². The molecule has 0 atom stereocenters. The normalized spacial score (nSPS) is 15.3. The average molecular weight is 396 g/mol. The van der Waals surface area contributed by atoms with Crippen LogP contribution in [0.5, 0.6) is 0 Å². The third-order valence-electron chi connectivity index (χ3n) is 5.28. The maximum absolute atomic E-state index is 13.3. The monoisotopic (exact) mass is 396 g/mol. The second-order valence-electron chi connectivity index (χ2n) is 7.51. The lowest BCUT2D eigenvalue weighted by atomic mass is 9.96. The molecule has 0 saturated carbocycles. The molecule has 1 N–H and O–H groups in total. The number of fused-ring (bicyclic) bond motifs is 2. The standard InChI is InChI=1S/C19H20N6O4/c1-19(2)17(28)21-11-7-5-6-8-12(11)25(19)13(26)9-24-10-20-15-14(24)16(27)23(4)18(29)22(15)3/h5-8,10H,9H2,1-4H3,(H,21,28). The number of aryl methyl sites for hydroxylation is 1. The van der Waals surface area contributed by atoms with Crippen molar-refractivity contribution in [1.29, 1.82) is 0 Å². The van der Waals surface area contributed by atoms with E-state index in [2.05, 4.69) is 10.3 Å². The largest absolute Gasteiger partial charge is 0.332 e. The van der Waals surface area contributed by atoms with Crippen LogP contribution >= 0.6 is 0 Å². The van der Waals surface area contributed by atoms with Crippen LogP contribution in [0.15, 0.2) is 40.2 Å². The van der Waals surface area contributed by atoms with Crippen molar-refractivity contribution in [2.45, 2.75) is 25.9 Å². The van der Waals surface area contributed by atoms with Gasteiger partial charge < -0.3 is 9.88 Å². The first kappa shape index (κ1) is 18.7. The molecule has 1 aliphatic rings. The lowest BCUT2D eigenvalue weighted by Crippen LogP contribution is -2.59. The smallest absolute Gasteiger partial charge is 0.322 e. The van der Waals surface area contributed by atoms with Gasteiger partial charge in [-0.15, -0.1) is 0 Å². The number of imidazole rings is 1. The van der Waals surface area contributed by atoms with Crippen molar-refractivity contribution < 1.29 is 9.59 Å². The van der Waals surface area contributed by atoms with Crippen LogP contribution in [0.1, 0.15) is 13.8 Å². The number of amides is 2. The number of carbonyl (C=O) groups is 2. The first-order valence-corrected chi connectivity index (χ1v) is 8.99. The summed E-state index contributed by atoms with van der Waals surface area (Å²) in [4.78, 5) is 56.2. The number of benzene rings is 1. The lowest BCUT2D eigenvalue weighted by molar-refractivity contribution is -0.126. The van der Waals surface area contributed by atoms with Gasteiger partial charge in [0.25, 0.3) is 5.56 Å². The van der Waals surface area contributed by atoms with Gasteiger partial charge in [-0.1, -0.05) is 12.1 Å². The van der Waals surface area contributed by atoms with Crippen molar-refractivity contribution in [2.24, 2.45) is 14.1 Å². The Morgan fingerprint density at radius 1 is 1.10 bits per heavy atom. The van der Waals surface area contributed by atoms with E-state index >= 15 is 0 Å². The Bertz CT molecular complexity index is 1300. The highest BCUT2D eigenvalue weighted by Crippen LogP contribution is 2.36. The van der Waals surface area contributed by atoms with E-state index in [4.69, 9.17) is 0 Å². The number of para-hydroxylation sites is 2. The number of nitrogens with one attached hydrogen (secondary N) is 1. The number of carbonyl (C=O) groups excluding carboxylic acids is 2. The maximum Gasteiger partial charge on any atom is 0.332 e. The maximum atomic E-state index is 13.3. The molecule has 2 aromatic heterocycles. The van der Waals surface area contributed by atoms with Crippen LogP contribution in [-0.4, -0.2) is 36.0 Å². The predicted molar refractivity (Wildman–Crippen MR) is 107 cm³/mol. The Hall–Kier alpha value is -3.69. The summed E-state index contributed by atoms with van der Waals surface area (Å²) in [5.74, 6) is -0.689. The number of hydrogen-bond acceptors (Lipinski definition) is 5. The van der Waals surface area contributed by atoms with E-state index in [0.717, 1.165) is 4.57 Å². The first-order chi connectivity index (χ1) is 13.6. The summed E-state index contributed by atoms with van der Waals surface area (Å²) in [6.45, 7) is 3.10. The Kier molecular flexibility index (Phi) is 3.96. The summed E-state index contributed by atoms with van der Waals surface area (Å²) in [5, 5.41) is 2.81. The van der Waals surface area contributed by atoms with E-state index in [0.29, 0.717) is 11.4 Å². The Morgan fingerprint density at radius 2 is 1.79 bits per heavy atom. The van der Waals surface area contributed by atoms with Crippen LogP contribution in [0.3, 0.4) is 0 Å². The summed E-state index contributed by atoms with van der Waals surface area (Å²) < 4.78 is 3.63. The van der Waals surface area contributed by atoms with Crippen molar-refractivity contribution in [3.05, 3.63) is 51.4 Å². The average Bonchev–Trinajstić information content (AvgIpc) is 3.09. The highest BCUT2D eigenvalue weighted by atomic mass is 16.2. The van der Waals surface area contributed by atoms with Gasteiger partial charge in [0.15, 0.2) is 11.2 Å². The second-order valence-corrected chi connectivity index (χ2v) is 7.51. The third-order valence-corrected chi connectivity index (χ3v) is 5.28. The third kappa shape index (κ3) is 2.59. The number of hydrogen-bond donors (Lipinski definition) is 1. The van der Waals surface area contributed by atoms with Crippen LogP contribution < -0.4 is 21.5 Å². The molecule has 4 rings (SSSR count). The van der Waals surface area contributed by atoms with Crippen molar-refractivity contribution >= 4 is 34.4 Å². The van der Waals surface area contributed by atoms with Gasteiger partial charge in [0, 0.05) is 14.1 Å². The van der Waals surface area contributed by atoms with Gasteiger partial charge in [0.05, 0.1) is 17.7 Å². The van der Waals surface area contributed by atoms with Gasteiger partial charge >= 0.3 is 5.69 Å². The molecule has 3 aromatic rings. The molecule has 1 aromatic carbocycles. The van der Waals surface area contributed by atoms with Crippen molar-refractivity contribution in [3.63, 3.8) is 0 Å². The molecule has 29 heavy (non-hydrogen) atoms. The van der Waals surface area contributed by atoms with Crippen LogP contribution in [0.25, 0.3) is 11.2 Å². The van der Waals surface area contributed by atoms with Crippen LogP contribution in [0.2, 0.25) is 0 Å². The zero-order chi connectivity index (χ0) is 21.1. The van der Waals surface area contributed by atoms with Crippen LogP contribution in [-0.2, 0) is 30.2 Å². The van der Waals surface area contributed by atoms with Gasteiger partial charge in [-0.3, -0.25) is 28.4 Å². The lowest BCUT2D eigenvalue weighted by Gasteiger charge is -2.42. The summed E-state index contributed by atoms with van der Waals surface area (Å²) in [6.07, 6.45) is 1.35. The molecule has 0 aliphatic carbocycles. The molecule has 10 nitrogen and oxygen atoms in total. The fraction of sp³-hybridized carbons (Fsp3) is 0.316. The van der Waals surface area contributed by atoms with E-state index in [-0.39, 0.29) is 29.5 Å². The Labute approximate surface area is 165 Å². The molecule has 0 saturated heterocycles. The molecule has 0 radical (unpaired) electrons. The summed E-state index contributed by atoms with van der Waals surface area (Å²) in [7, 11) is 2.88. The molecule has 1 aliphatic heterocycles. The highest BCUT2D eigenvalue weighted by Gasteiger charge is 2.43. The number of nitrogens with zero attached hydrogens (tertiary/aromatic N) is 5. The fourth-order valence-corrected chi connectivity index (χ4v) is 3.63. The molecular weight excluding hydrogens is 376 g/mol. The molecule has 0 fully saturated rings. The molecule has 0 spiro atoms. The SMILES string of the molecule is Cn1c(=O)c2c(ncn2CC(=O)N2c3ccccc3NC(=O)C2(C)C)n(C)c1=O. The number of aromatic nitrogens is 4. The zero-order valence-electron chi connectivity index (χ0n) is 16.5. The number of anilines is 2. The highest BCUT2D eigenvalue weighted by molar-refractivity contribution is 6.14. The van der Waals surface area contributed by atoms with E-state index in [1.54, 1.807) is 38.1 Å². The topological polar surface area (TPSA) is 111 Å². The Morgan fingerprint density at radius 3 is 2.52 bits per heavy atom. The molecule has 150 valence electrons. The van der Waals surface area contributed by atoms with E-state index in [1.165, 1.54) is 34.5 Å². The number of rotatable bonds is 2. The molecule has 2 amide bonds. The molecule has 10 heteroatoms. The van der Waals surface area contributed by atoms with Gasteiger partial charge in [-0.25, -0.2) is 9.78 Å². The molecule has 0 unspecified atom stereocenters. The molecule has 0 bridgehead atoms. The zero-order valence-corrected chi connectivity index (χ0v) is 16.5. The van der Waals surface area contributed by atoms with Crippen LogP contribution in [0.4, 0.5) is 11.4 Å². The van der Waals surface area contributed by atoms with Gasteiger partial charge in [0.2, 0.25) is 11.8 Å². The summed E-state index contributed by atoms with van der Waals surface area (Å²) >= 11 is 0. The van der Waals surface area contributed by atoms with Crippen LogP contribution in [0, 0.1) is 0 Å². The predicted octanol–water partition coefficient (Wildman–Crippen LogP) is 0.198. The van der Waals surface area contributed by atoms with Crippen molar-refractivity contribution in [1.82, 2.24) is 18.7 Å². The second kappa shape index (κ2) is 6.16. The van der Waals surface area contributed by atoms with Gasteiger partial charge in [-0.05, 0) is 26.0 Å². The quantitative estimate of drug-likeness (QED) is 0.665. The summed E-state index contributed by atoms with van der Waals surface area (Å²) in [5.41, 5.74) is -0.700. The van der Waals surface area contributed by atoms with Gasteiger partial charge in [0.1, 0.15) is 12.1 Å². The Balaban J connectivity index is 1.82. The minimum Gasteiger partial charge on any atom is -0.322 e. The van der Waals surface area contributed by atoms with Crippen molar-refractivity contribution in [2.75, 3.05) is 10.2 Å². The minimum atomic E-state index is -1.13. The van der Waals surface area contributed by atoms with Gasteiger partial charge in [-0.2, -0.15) is 0 Å². The summed E-state index contributed by atoms with van der Waals surface area (Å²) in [6, 6.07) is 7.03. The molecular formula is C19H20N6O4. The fourth-order valence-electron chi connectivity index (χ4n) is 3.63.